The maximum atomic E-state index is 12.3. The summed E-state index contributed by atoms with van der Waals surface area (Å²) in [5.41, 5.74) is 0. The number of hydrogen-bond donors (Lipinski definition) is 1. The lowest BCUT2D eigenvalue weighted by atomic mass is 10.2. The van der Waals surface area contributed by atoms with E-state index in [1.54, 1.807) is 4.31 Å². The lowest BCUT2D eigenvalue weighted by molar-refractivity contribution is -0.0241. The molecule has 0 amide bonds. The van der Waals surface area contributed by atoms with E-state index in [0.717, 1.165) is 38.6 Å². The topological polar surface area (TPSA) is 58.6 Å². The van der Waals surface area contributed by atoms with Gasteiger partial charge >= 0.3 is 0 Å². The lowest BCUT2D eigenvalue weighted by Crippen LogP contribution is -2.51. The third-order valence-electron chi connectivity index (χ3n) is 3.87. The first kappa shape index (κ1) is 14.2. The zero-order chi connectivity index (χ0) is 13.0. The predicted molar refractivity (Wildman–Crippen MR) is 71.0 cm³/mol. The number of nitrogens with zero attached hydrogens (tertiary/aromatic N) is 1. The van der Waals surface area contributed by atoms with Gasteiger partial charge in [0.05, 0.1) is 24.5 Å². The maximum absolute atomic E-state index is 12.3. The maximum Gasteiger partial charge on any atom is 0.214 e. The predicted octanol–water partition coefficient (Wildman–Crippen LogP) is 0.569. The number of sulfonamides is 1. The van der Waals surface area contributed by atoms with E-state index in [1.807, 2.05) is 7.05 Å². The van der Waals surface area contributed by atoms with Gasteiger partial charge in [0.25, 0.3) is 0 Å². The van der Waals surface area contributed by atoms with Gasteiger partial charge in [0.1, 0.15) is 0 Å². The minimum atomic E-state index is -3.09. The van der Waals surface area contributed by atoms with Crippen LogP contribution in [-0.4, -0.2) is 57.4 Å². The van der Waals surface area contributed by atoms with Crippen LogP contribution in [0.3, 0.4) is 0 Å². The molecule has 2 unspecified atom stereocenters. The van der Waals surface area contributed by atoms with Crippen LogP contribution < -0.4 is 5.32 Å². The van der Waals surface area contributed by atoms with E-state index in [0.29, 0.717) is 13.2 Å². The fraction of sp³-hybridized carbons (Fsp3) is 1.00. The van der Waals surface area contributed by atoms with E-state index in [1.165, 1.54) is 0 Å². The first-order valence-electron chi connectivity index (χ1n) is 6.91. The monoisotopic (exact) mass is 276 g/mol. The molecule has 1 aliphatic heterocycles. The highest BCUT2D eigenvalue weighted by molar-refractivity contribution is 7.89. The van der Waals surface area contributed by atoms with Crippen LogP contribution in [0.15, 0.2) is 0 Å². The average Bonchev–Trinajstić information content (AvgIpc) is 2.82. The van der Waals surface area contributed by atoms with Crippen molar-refractivity contribution in [1.29, 1.82) is 0 Å². The van der Waals surface area contributed by atoms with Crippen LogP contribution in [0.25, 0.3) is 0 Å². The van der Waals surface area contributed by atoms with Crippen LogP contribution in [0, 0.1) is 0 Å². The van der Waals surface area contributed by atoms with Crippen LogP contribution in [0.4, 0.5) is 0 Å². The molecule has 0 radical (unpaired) electrons. The first-order valence-corrected chi connectivity index (χ1v) is 8.52. The van der Waals surface area contributed by atoms with E-state index >= 15 is 0 Å². The van der Waals surface area contributed by atoms with Crippen molar-refractivity contribution in [3.8, 4) is 0 Å². The summed E-state index contributed by atoms with van der Waals surface area (Å²) in [6.07, 6.45) is 4.84. The van der Waals surface area contributed by atoms with Crippen molar-refractivity contribution >= 4 is 10.0 Å². The quantitative estimate of drug-likeness (QED) is 0.721. The summed E-state index contributed by atoms with van der Waals surface area (Å²) < 4.78 is 32.1. The highest BCUT2D eigenvalue weighted by atomic mass is 32.2. The van der Waals surface area contributed by atoms with Gasteiger partial charge in [-0.15, -0.1) is 0 Å². The van der Waals surface area contributed by atoms with E-state index in [-0.39, 0.29) is 17.9 Å². The number of morpholine rings is 1. The highest BCUT2D eigenvalue weighted by Gasteiger charge is 2.41. The lowest BCUT2D eigenvalue weighted by Gasteiger charge is -2.36. The summed E-state index contributed by atoms with van der Waals surface area (Å²) in [5.74, 6) is 0.276. The molecule has 1 saturated carbocycles. The number of rotatable bonds is 6. The molecule has 2 fully saturated rings. The van der Waals surface area contributed by atoms with Crippen molar-refractivity contribution in [2.45, 2.75) is 44.2 Å². The fourth-order valence-corrected chi connectivity index (χ4v) is 4.75. The molecule has 18 heavy (non-hydrogen) atoms. The normalized spacial score (nSPS) is 29.4. The smallest absolute Gasteiger partial charge is 0.214 e. The summed E-state index contributed by atoms with van der Waals surface area (Å²) in [6.45, 7) is 1.97. The molecule has 0 bridgehead atoms. The van der Waals surface area contributed by atoms with Gasteiger partial charge in [0.15, 0.2) is 0 Å². The molecule has 5 nitrogen and oxygen atoms in total. The minimum Gasteiger partial charge on any atom is -0.375 e. The molecular formula is C12H24N2O3S. The molecule has 1 aliphatic carbocycles. The molecule has 2 rings (SSSR count). The second-order valence-electron chi connectivity index (χ2n) is 5.14. The Morgan fingerprint density at radius 2 is 2.17 bits per heavy atom. The molecule has 2 atom stereocenters. The van der Waals surface area contributed by atoms with Gasteiger partial charge in [0, 0.05) is 6.54 Å². The molecule has 1 N–H and O–H groups in total. The SMILES string of the molecule is CNCCCCS(=O)(=O)N1CCOC2CCCC21. The van der Waals surface area contributed by atoms with Gasteiger partial charge in [-0.05, 0) is 45.7 Å². The van der Waals surface area contributed by atoms with Gasteiger partial charge in [-0.25, -0.2) is 8.42 Å². The van der Waals surface area contributed by atoms with Gasteiger partial charge < -0.3 is 10.1 Å². The van der Waals surface area contributed by atoms with E-state index in [2.05, 4.69) is 5.32 Å². The number of unbranched alkanes of at least 4 members (excludes halogenated alkanes) is 1. The van der Waals surface area contributed by atoms with Crippen molar-refractivity contribution in [1.82, 2.24) is 9.62 Å². The average molecular weight is 276 g/mol. The number of fused-ring (bicyclic) bond motifs is 1. The first-order chi connectivity index (χ1) is 8.65. The van der Waals surface area contributed by atoms with Gasteiger partial charge in [-0.3, -0.25) is 0 Å². The number of ether oxygens (including phenoxy) is 1. The van der Waals surface area contributed by atoms with E-state index in [9.17, 15) is 8.42 Å². The summed E-state index contributed by atoms with van der Waals surface area (Å²) in [5, 5.41) is 3.04. The summed E-state index contributed by atoms with van der Waals surface area (Å²) >= 11 is 0. The van der Waals surface area contributed by atoms with E-state index in [4.69, 9.17) is 4.74 Å². The fourth-order valence-electron chi connectivity index (χ4n) is 2.94. The molecule has 0 aromatic rings. The molecule has 106 valence electrons. The molecule has 0 aromatic heterocycles. The van der Waals surface area contributed by atoms with Crippen LogP contribution in [0.5, 0.6) is 0 Å². The third kappa shape index (κ3) is 3.23. The Morgan fingerprint density at radius 3 is 2.94 bits per heavy atom. The largest absolute Gasteiger partial charge is 0.375 e. The zero-order valence-electron chi connectivity index (χ0n) is 11.1. The second kappa shape index (κ2) is 6.32. The second-order valence-corrected chi connectivity index (χ2v) is 7.19. The Hall–Kier alpha value is -0.170. The minimum absolute atomic E-state index is 0.105. The van der Waals surface area contributed by atoms with Crippen molar-refractivity contribution < 1.29 is 13.2 Å². The van der Waals surface area contributed by atoms with Crippen molar-refractivity contribution in [3.63, 3.8) is 0 Å². The van der Waals surface area contributed by atoms with Crippen molar-refractivity contribution in [3.05, 3.63) is 0 Å². The Labute approximate surface area is 110 Å². The van der Waals surface area contributed by atoms with Crippen molar-refractivity contribution in [2.75, 3.05) is 32.5 Å². The van der Waals surface area contributed by atoms with Gasteiger partial charge in [-0.2, -0.15) is 4.31 Å². The third-order valence-corrected chi connectivity index (χ3v) is 5.84. The van der Waals surface area contributed by atoms with Crippen LogP contribution in [0.1, 0.15) is 32.1 Å². The zero-order valence-corrected chi connectivity index (χ0v) is 11.9. The number of nitrogens with one attached hydrogen (secondary N) is 1. The van der Waals surface area contributed by atoms with E-state index < -0.39 is 10.0 Å². The Morgan fingerprint density at radius 1 is 1.33 bits per heavy atom. The summed E-state index contributed by atoms with van der Waals surface area (Å²) in [7, 11) is -1.20. The van der Waals surface area contributed by atoms with Crippen LogP contribution in [-0.2, 0) is 14.8 Å². The summed E-state index contributed by atoms with van der Waals surface area (Å²) in [6, 6.07) is 0.105. The standard InChI is InChI=1S/C12H24N2O3S/c1-13-7-2-3-10-18(15,16)14-8-9-17-12-6-4-5-11(12)14/h11-13H,2-10H2,1H3. The molecule has 1 heterocycles. The Bertz CT molecular complexity index is 358. The Balaban J connectivity index is 1.91. The van der Waals surface area contributed by atoms with Gasteiger partial charge in [-0.1, -0.05) is 0 Å². The molecular weight excluding hydrogens is 252 g/mol. The summed E-state index contributed by atoms with van der Waals surface area (Å²) in [4.78, 5) is 0. The molecule has 0 spiro atoms. The Kier molecular flexibility index (Phi) is 5.00. The molecule has 0 aromatic carbocycles. The highest BCUT2D eigenvalue weighted by Crippen LogP contribution is 2.31. The molecule has 1 saturated heterocycles. The molecule has 2 aliphatic rings. The number of hydrogen-bond acceptors (Lipinski definition) is 4. The van der Waals surface area contributed by atoms with Crippen molar-refractivity contribution in [2.24, 2.45) is 0 Å². The van der Waals surface area contributed by atoms with Crippen LogP contribution in [0.2, 0.25) is 0 Å². The molecule has 6 heteroatoms. The van der Waals surface area contributed by atoms with Gasteiger partial charge in [0.2, 0.25) is 10.0 Å². The van der Waals surface area contributed by atoms with Crippen LogP contribution >= 0.6 is 0 Å².